The van der Waals surface area contributed by atoms with E-state index in [1.807, 2.05) is 0 Å². The molecule has 4 saturated carbocycles. The van der Waals surface area contributed by atoms with E-state index in [9.17, 15) is 18.8 Å². The highest BCUT2D eigenvalue weighted by Crippen LogP contribution is 2.60. The van der Waals surface area contributed by atoms with Crippen molar-refractivity contribution in [2.45, 2.75) is 57.9 Å². The van der Waals surface area contributed by atoms with E-state index in [2.05, 4.69) is 16.2 Å². The molecule has 0 saturated heterocycles. The third-order valence-electron chi connectivity index (χ3n) is 6.86. The Morgan fingerprint density at radius 3 is 2.10 bits per heavy atom. The van der Waals surface area contributed by atoms with Crippen LogP contribution in [0.3, 0.4) is 0 Å². The fourth-order valence-electron chi connectivity index (χ4n) is 5.88. The zero-order valence-corrected chi connectivity index (χ0v) is 16.7. The van der Waals surface area contributed by atoms with Crippen molar-refractivity contribution in [3.05, 3.63) is 35.6 Å². The van der Waals surface area contributed by atoms with E-state index in [0.717, 1.165) is 19.3 Å². The van der Waals surface area contributed by atoms with Crippen LogP contribution in [-0.4, -0.2) is 23.8 Å². The Morgan fingerprint density at radius 1 is 1.00 bits per heavy atom. The molecule has 156 valence electrons. The molecule has 4 aliphatic rings. The first-order valence-corrected chi connectivity index (χ1v) is 10.5. The minimum atomic E-state index is -0.735. The lowest BCUT2D eigenvalue weighted by Gasteiger charge is -2.55. The van der Waals surface area contributed by atoms with E-state index in [1.165, 1.54) is 43.5 Å². The highest BCUT2D eigenvalue weighted by Gasteiger charge is 2.54. The number of hydrazine groups is 1. The summed E-state index contributed by atoms with van der Waals surface area (Å²) in [6.07, 6.45) is 6.59. The van der Waals surface area contributed by atoms with Gasteiger partial charge in [-0.25, -0.2) is 4.39 Å². The first-order chi connectivity index (χ1) is 13.8. The summed E-state index contributed by atoms with van der Waals surface area (Å²) in [5, 5.41) is 2.87. The van der Waals surface area contributed by atoms with Gasteiger partial charge in [-0.2, -0.15) is 0 Å². The van der Waals surface area contributed by atoms with Gasteiger partial charge in [0.15, 0.2) is 0 Å². The van der Waals surface area contributed by atoms with E-state index in [1.54, 1.807) is 6.92 Å². The van der Waals surface area contributed by atoms with Crippen LogP contribution < -0.4 is 16.2 Å². The molecule has 3 amide bonds. The standard InChI is InChI=1S/C22H28FN3O3/c1-13(20(28)26-25-19(27)9-14-2-4-18(23)5-3-14)24-21(29)22-10-15-6-16(11-22)8-17(7-15)12-22/h2-5,13,15-17H,6-12H2,1H3,(H,24,29)(H,25,27)(H,26,28)/t13-,15?,16?,17?,22?/m0/s1. The molecular weight excluding hydrogens is 373 g/mol. The van der Waals surface area contributed by atoms with Crippen LogP contribution in [0.1, 0.15) is 51.0 Å². The third-order valence-corrected chi connectivity index (χ3v) is 6.86. The van der Waals surface area contributed by atoms with Gasteiger partial charge in [0.2, 0.25) is 11.8 Å². The Bertz CT molecular complexity index is 773. The van der Waals surface area contributed by atoms with Crippen LogP contribution in [0.5, 0.6) is 0 Å². The Hall–Kier alpha value is -2.44. The van der Waals surface area contributed by atoms with Crippen molar-refractivity contribution in [2.75, 3.05) is 0 Å². The van der Waals surface area contributed by atoms with Gasteiger partial charge in [0, 0.05) is 5.41 Å². The maximum absolute atomic E-state index is 13.0. The van der Waals surface area contributed by atoms with Crippen molar-refractivity contribution in [2.24, 2.45) is 23.2 Å². The van der Waals surface area contributed by atoms with Gasteiger partial charge < -0.3 is 5.32 Å². The Labute approximate surface area is 170 Å². The largest absolute Gasteiger partial charge is 0.344 e. The molecule has 4 bridgehead atoms. The maximum Gasteiger partial charge on any atom is 0.260 e. The van der Waals surface area contributed by atoms with E-state index in [0.29, 0.717) is 23.3 Å². The number of carbonyl (C=O) groups is 3. The second-order valence-electron chi connectivity index (χ2n) is 9.23. The molecule has 0 aliphatic heterocycles. The SMILES string of the molecule is C[C@H](NC(=O)C12CC3CC(CC(C3)C1)C2)C(=O)NNC(=O)Cc1ccc(F)cc1. The van der Waals surface area contributed by atoms with Crippen molar-refractivity contribution < 1.29 is 18.8 Å². The lowest BCUT2D eigenvalue weighted by Crippen LogP contribution is -2.58. The predicted molar refractivity (Wildman–Crippen MR) is 105 cm³/mol. The van der Waals surface area contributed by atoms with Crippen LogP contribution >= 0.6 is 0 Å². The summed E-state index contributed by atoms with van der Waals surface area (Å²) in [4.78, 5) is 37.3. The Morgan fingerprint density at radius 2 is 1.55 bits per heavy atom. The van der Waals surface area contributed by atoms with Gasteiger partial charge in [-0.15, -0.1) is 0 Å². The molecule has 0 radical (unpaired) electrons. The van der Waals surface area contributed by atoms with Crippen molar-refractivity contribution in [1.29, 1.82) is 0 Å². The quantitative estimate of drug-likeness (QED) is 0.662. The normalized spacial score (nSPS) is 30.5. The summed E-state index contributed by atoms with van der Waals surface area (Å²) in [5.41, 5.74) is 5.05. The summed E-state index contributed by atoms with van der Waals surface area (Å²) in [6, 6.07) is 4.87. The summed E-state index contributed by atoms with van der Waals surface area (Å²) in [7, 11) is 0. The second-order valence-corrected chi connectivity index (χ2v) is 9.23. The topological polar surface area (TPSA) is 87.3 Å². The molecular formula is C22H28FN3O3. The first-order valence-electron chi connectivity index (χ1n) is 10.5. The Balaban J connectivity index is 1.25. The van der Waals surface area contributed by atoms with Crippen molar-refractivity contribution in [1.82, 2.24) is 16.2 Å². The van der Waals surface area contributed by atoms with E-state index < -0.39 is 17.9 Å². The number of nitrogens with one attached hydrogen (secondary N) is 3. The smallest absolute Gasteiger partial charge is 0.260 e. The molecule has 0 unspecified atom stereocenters. The lowest BCUT2D eigenvalue weighted by atomic mass is 9.49. The molecule has 1 aromatic carbocycles. The molecule has 0 aromatic heterocycles. The number of amides is 3. The van der Waals surface area contributed by atoms with Gasteiger partial charge in [0.1, 0.15) is 11.9 Å². The van der Waals surface area contributed by atoms with Gasteiger partial charge >= 0.3 is 0 Å². The summed E-state index contributed by atoms with van der Waals surface area (Å²) in [6.45, 7) is 1.62. The fraction of sp³-hybridized carbons (Fsp3) is 0.591. The highest BCUT2D eigenvalue weighted by atomic mass is 19.1. The van der Waals surface area contributed by atoms with Crippen LogP contribution in [0.15, 0.2) is 24.3 Å². The predicted octanol–water partition coefficient (Wildman–Crippen LogP) is 2.24. The number of halogens is 1. The van der Waals surface area contributed by atoms with Crippen LogP contribution in [0.25, 0.3) is 0 Å². The molecule has 0 spiro atoms. The molecule has 6 nitrogen and oxygen atoms in total. The maximum atomic E-state index is 13.0. The molecule has 3 N–H and O–H groups in total. The van der Waals surface area contributed by atoms with Crippen molar-refractivity contribution in [3.8, 4) is 0 Å². The van der Waals surface area contributed by atoms with Crippen LogP contribution in [0.2, 0.25) is 0 Å². The van der Waals surface area contributed by atoms with Crippen LogP contribution in [0.4, 0.5) is 4.39 Å². The minimum Gasteiger partial charge on any atom is -0.344 e. The van der Waals surface area contributed by atoms with Gasteiger partial charge in [0.05, 0.1) is 6.42 Å². The third kappa shape index (κ3) is 4.28. The number of hydrogen-bond donors (Lipinski definition) is 3. The minimum absolute atomic E-state index is 0.0168. The Kier molecular flexibility index (Phi) is 5.32. The monoisotopic (exact) mass is 401 g/mol. The molecule has 5 rings (SSSR count). The van der Waals surface area contributed by atoms with Gasteiger partial charge in [-0.05, 0) is 80.9 Å². The fourth-order valence-corrected chi connectivity index (χ4v) is 5.88. The molecule has 7 heteroatoms. The molecule has 4 fully saturated rings. The average molecular weight is 401 g/mol. The number of hydrogen-bond acceptors (Lipinski definition) is 3. The highest BCUT2D eigenvalue weighted by molar-refractivity contribution is 5.91. The number of rotatable bonds is 5. The zero-order chi connectivity index (χ0) is 20.6. The average Bonchev–Trinajstić information content (AvgIpc) is 2.66. The van der Waals surface area contributed by atoms with Crippen LogP contribution in [-0.2, 0) is 20.8 Å². The van der Waals surface area contributed by atoms with Gasteiger partial charge in [-0.3, -0.25) is 25.2 Å². The first kappa shape index (κ1) is 19.9. The van der Waals surface area contributed by atoms with Crippen molar-refractivity contribution in [3.63, 3.8) is 0 Å². The summed E-state index contributed by atoms with van der Waals surface area (Å²) >= 11 is 0. The number of carbonyl (C=O) groups excluding carboxylic acids is 3. The molecule has 29 heavy (non-hydrogen) atoms. The zero-order valence-electron chi connectivity index (χ0n) is 16.7. The molecule has 4 aliphatic carbocycles. The van der Waals surface area contributed by atoms with Crippen molar-refractivity contribution >= 4 is 17.7 Å². The van der Waals surface area contributed by atoms with E-state index in [4.69, 9.17) is 0 Å². The van der Waals surface area contributed by atoms with E-state index in [-0.39, 0.29) is 23.6 Å². The second kappa shape index (κ2) is 7.76. The lowest BCUT2D eigenvalue weighted by molar-refractivity contribution is -0.148. The molecule has 0 heterocycles. The van der Waals surface area contributed by atoms with E-state index >= 15 is 0 Å². The van der Waals surface area contributed by atoms with Gasteiger partial charge in [0.25, 0.3) is 5.91 Å². The molecule has 1 atom stereocenters. The number of benzene rings is 1. The van der Waals surface area contributed by atoms with Gasteiger partial charge in [-0.1, -0.05) is 12.1 Å². The summed E-state index contributed by atoms with van der Waals surface area (Å²) < 4.78 is 12.9. The molecule has 1 aromatic rings. The summed E-state index contributed by atoms with van der Waals surface area (Å²) in [5.74, 6) is 0.702. The van der Waals surface area contributed by atoms with Crippen LogP contribution in [0, 0.1) is 29.0 Å².